The molecule has 1 aromatic carbocycles. The fourth-order valence-corrected chi connectivity index (χ4v) is 2.60. The Morgan fingerprint density at radius 3 is 2.68 bits per heavy atom. The number of nitrogens with two attached hydrogens (primary N) is 1. The smallest absolute Gasteiger partial charge is 0.419 e. The molecule has 3 N–H and O–H groups in total. The summed E-state index contributed by atoms with van der Waals surface area (Å²) in [4.78, 5) is 4.24. The molecule has 0 radical (unpaired) electrons. The summed E-state index contributed by atoms with van der Waals surface area (Å²) in [6.45, 7) is 1.99. The minimum absolute atomic E-state index is 0.0261. The van der Waals surface area contributed by atoms with Gasteiger partial charge in [0.05, 0.1) is 11.3 Å². The molecule has 0 saturated carbocycles. The Morgan fingerprint density at radius 2 is 2.00 bits per heavy atom. The summed E-state index contributed by atoms with van der Waals surface area (Å²) < 4.78 is 57.5. The highest BCUT2D eigenvalue weighted by atomic mass is 19.4. The number of rotatable bonds is 4. The van der Waals surface area contributed by atoms with Gasteiger partial charge in [-0.3, -0.25) is 4.98 Å². The van der Waals surface area contributed by atoms with Gasteiger partial charge in [0.25, 0.3) is 0 Å². The third kappa shape index (κ3) is 3.24. The molecule has 4 nitrogen and oxygen atoms in total. The van der Waals surface area contributed by atoms with E-state index in [4.69, 9.17) is 10.2 Å². The molecule has 0 atom stereocenters. The molecule has 0 aliphatic carbocycles. The molecule has 0 amide bonds. The maximum atomic E-state index is 13.4. The van der Waals surface area contributed by atoms with E-state index in [1.54, 1.807) is 12.3 Å². The lowest BCUT2D eigenvalue weighted by Gasteiger charge is -2.11. The molecule has 0 aliphatic heterocycles. The number of halogens is 4. The van der Waals surface area contributed by atoms with E-state index in [9.17, 15) is 17.6 Å². The van der Waals surface area contributed by atoms with Crippen LogP contribution in [0, 0.1) is 5.82 Å². The molecule has 3 rings (SSSR count). The van der Waals surface area contributed by atoms with Crippen molar-refractivity contribution in [1.82, 2.24) is 4.98 Å². The molecule has 0 saturated heterocycles. The first-order chi connectivity index (χ1) is 11.8. The van der Waals surface area contributed by atoms with Gasteiger partial charge < -0.3 is 15.5 Å². The molecule has 132 valence electrons. The van der Waals surface area contributed by atoms with E-state index in [1.165, 1.54) is 6.07 Å². The Balaban J connectivity index is 2.04. The predicted molar refractivity (Wildman–Crippen MR) is 87.1 cm³/mol. The minimum atomic E-state index is -4.79. The molecule has 0 fully saturated rings. The van der Waals surface area contributed by atoms with Gasteiger partial charge in [-0.25, -0.2) is 4.39 Å². The van der Waals surface area contributed by atoms with E-state index in [0.29, 0.717) is 29.1 Å². The first-order valence-electron chi connectivity index (χ1n) is 7.61. The second-order valence-corrected chi connectivity index (χ2v) is 5.54. The summed E-state index contributed by atoms with van der Waals surface area (Å²) in [7, 11) is 0. The number of furan rings is 1. The van der Waals surface area contributed by atoms with Crippen LogP contribution in [0.3, 0.4) is 0 Å². The van der Waals surface area contributed by atoms with Crippen LogP contribution in [0.4, 0.5) is 34.8 Å². The van der Waals surface area contributed by atoms with E-state index >= 15 is 0 Å². The van der Waals surface area contributed by atoms with E-state index in [0.717, 1.165) is 18.2 Å². The van der Waals surface area contributed by atoms with Crippen molar-refractivity contribution in [3.8, 4) is 0 Å². The van der Waals surface area contributed by atoms with Crippen molar-refractivity contribution in [2.24, 2.45) is 0 Å². The standard InChI is InChI=1S/C17H15F4N3O/c1-2-3-13-15-10(6-7-23-13)14(16(22)25-15)24-9-4-5-12(18)11(8-9)17(19,20)21/h4-8,24H,2-3,22H2,1H3. The third-order valence-corrected chi connectivity index (χ3v) is 3.73. The van der Waals surface area contributed by atoms with Crippen molar-refractivity contribution in [1.29, 1.82) is 0 Å². The average Bonchev–Trinajstić information content (AvgIpc) is 2.86. The molecular formula is C17H15F4N3O. The number of alkyl halides is 3. The second-order valence-electron chi connectivity index (χ2n) is 5.54. The summed E-state index contributed by atoms with van der Waals surface area (Å²) >= 11 is 0. The van der Waals surface area contributed by atoms with Crippen LogP contribution in [0.15, 0.2) is 34.9 Å². The Kier molecular flexibility index (Phi) is 4.28. The molecule has 0 spiro atoms. The van der Waals surface area contributed by atoms with Crippen LogP contribution in [0.1, 0.15) is 24.6 Å². The average molecular weight is 353 g/mol. The van der Waals surface area contributed by atoms with Crippen LogP contribution < -0.4 is 11.1 Å². The Morgan fingerprint density at radius 1 is 1.24 bits per heavy atom. The van der Waals surface area contributed by atoms with Gasteiger partial charge in [0.2, 0.25) is 5.88 Å². The van der Waals surface area contributed by atoms with E-state index < -0.39 is 17.6 Å². The van der Waals surface area contributed by atoms with Crippen molar-refractivity contribution < 1.29 is 22.0 Å². The zero-order valence-electron chi connectivity index (χ0n) is 13.2. The van der Waals surface area contributed by atoms with Gasteiger partial charge in [-0.05, 0) is 30.7 Å². The Hall–Kier alpha value is -2.77. The number of nitrogen functional groups attached to an aromatic ring is 1. The Labute approximate surface area is 140 Å². The zero-order valence-corrected chi connectivity index (χ0v) is 13.2. The van der Waals surface area contributed by atoms with E-state index in [2.05, 4.69) is 10.3 Å². The van der Waals surface area contributed by atoms with Gasteiger partial charge in [0.15, 0.2) is 5.58 Å². The maximum absolute atomic E-state index is 13.4. The number of benzene rings is 1. The number of nitrogens with zero attached hydrogens (tertiary/aromatic N) is 1. The van der Waals surface area contributed by atoms with Gasteiger partial charge in [-0.1, -0.05) is 13.3 Å². The Bertz CT molecular complexity index is 918. The molecular weight excluding hydrogens is 338 g/mol. The predicted octanol–water partition coefficient (Wildman–Crippen LogP) is 5.26. The van der Waals surface area contributed by atoms with E-state index in [1.807, 2.05) is 6.92 Å². The van der Waals surface area contributed by atoms with Crippen LogP contribution in [-0.4, -0.2) is 4.98 Å². The normalized spacial score (nSPS) is 11.9. The summed E-state index contributed by atoms with van der Waals surface area (Å²) in [5.41, 5.74) is 6.10. The van der Waals surface area contributed by atoms with Crippen molar-refractivity contribution in [2.75, 3.05) is 11.1 Å². The number of hydrogen-bond donors (Lipinski definition) is 2. The highest BCUT2D eigenvalue weighted by Gasteiger charge is 2.34. The summed E-state index contributed by atoms with van der Waals surface area (Å²) in [5.74, 6) is -1.31. The molecule has 2 aromatic heterocycles. The number of nitrogens with one attached hydrogen (secondary N) is 1. The van der Waals surface area contributed by atoms with Gasteiger partial charge in [0, 0.05) is 17.3 Å². The second kappa shape index (κ2) is 6.27. The molecule has 25 heavy (non-hydrogen) atoms. The van der Waals surface area contributed by atoms with Crippen molar-refractivity contribution in [2.45, 2.75) is 25.9 Å². The molecule has 0 unspecified atom stereocenters. The highest BCUT2D eigenvalue weighted by Crippen LogP contribution is 2.38. The maximum Gasteiger partial charge on any atom is 0.419 e. The minimum Gasteiger partial charge on any atom is -0.437 e. The lowest BCUT2D eigenvalue weighted by Crippen LogP contribution is -2.08. The van der Waals surface area contributed by atoms with Gasteiger partial charge in [0.1, 0.15) is 11.5 Å². The molecule has 0 aliphatic rings. The van der Waals surface area contributed by atoms with Crippen LogP contribution in [0.2, 0.25) is 0 Å². The van der Waals surface area contributed by atoms with Crippen molar-refractivity contribution in [3.63, 3.8) is 0 Å². The number of hydrogen-bond acceptors (Lipinski definition) is 4. The fraction of sp³-hybridized carbons (Fsp3) is 0.235. The third-order valence-electron chi connectivity index (χ3n) is 3.73. The summed E-state index contributed by atoms with van der Waals surface area (Å²) in [6.07, 6.45) is -1.68. The summed E-state index contributed by atoms with van der Waals surface area (Å²) in [6, 6.07) is 4.32. The number of anilines is 3. The van der Waals surface area contributed by atoms with Gasteiger partial charge in [-0.15, -0.1) is 0 Å². The van der Waals surface area contributed by atoms with E-state index in [-0.39, 0.29) is 11.6 Å². The quantitative estimate of drug-likeness (QED) is 0.628. The number of aromatic nitrogens is 1. The number of aryl methyl sites for hydroxylation is 1. The van der Waals surface area contributed by atoms with Gasteiger partial charge >= 0.3 is 6.18 Å². The van der Waals surface area contributed by atoms with Crippen LogP contribution in [-0.2, 0) is 12.6 Å². The highest BCUT2D eigenvalue weighted by molar-refractivity contribution is 5.99. The van der Waals surface area contributed by atoms with Crippen LogP contribution >= 0.6 is 0 Å². The molecule has 8 heteroatoms. The monoisotopic (exact) mass is 353 g/mol. The zero-order chi connectivity index (χ0) is 18.2. The number of pyridine rings is 1. The van der Waals surface area contributed by atoms with Crippen LogP contribution in [0.5, 0.6) is 0 Å². The van der Waals surface area contributed by atoms with Gasteiger partial charge in [-0.2, -0.15) is 13.2 Å². The topological polar surface area (TPSA) is 64.1 Å². The van der Waals surface area contributed by atoms with Crippen molar-refractivity contribution in [3.05, 3.63) is 47.5 Å². The molecule has 2 heterocycles. The fourth-order valence-electron chi connectivity index (χ4n) is 2.60. The first kappa shape index (κ1) is 17.1. The van der Waals surface area contributed by atoms with Crippen LogP contribution in [0.25, 0.3) is 11.0 Å². The lowest BCUT2D eigenvalue weighted by molar-refractivity contribution is -0.139. The van der Waals surface area contributed by atoms with Crippen molar-refractivity contribution >= 4 is 28.2 Å². The SMILES string of the molecule is CCCc1nccc2c(Nc3ccc(F)c(C(F)(F)F)c3)c(N)oc12. The molecule has 3 aromatic rings. The largest absolute Gasteiger partial charge is 0.437 e. The first-order valence-corrected chi connectivity index (χ1v) is 7.61. The number of fused-ring (bicyclic) bond motifs is 1. The summed E-state index contributed by atoms with van der Waals surface area (Å²) in [5, 5.41) is 3.40. The molecule has 0 bridgehead atoms. The lowest BCUT2D eigenvalue weighted by atomic mass is 10.1.